The molecule has 0 spiro atoms. The maximum absolute atomic E-state index is 12.6. The van der Waals surface area contributed by atoms with E-state index in [0.717, 1.165) is 11.1 Å². The van der Waals surface area contributed by atoms with Gasteiger partial charge in [0.1, 0.15) is 6.33 Å². The summed E-state index contributed by atoms with van der Waals surface area (Å²) in [5.41, 5.74) is 2.09. The molecule has 0 fully saturated rings. The smallest absolute Gasteiger partial charge is 0.280 e. The Morgan fingerprint density at radius 3 is 2.72 bits per heavy atom. The molecule has 8 nitrogen and oxygen atoms in total. The van der Waals surface area contributed by atoms with Crippen molar-refractivity contribution in [2.24, 2.45) is 0 Å². The summed E-state index contributed by atoms with van der Waals surface area (Å²) in [7, 11) is 0. The van der Waals surface area contributed by atoms with Crippen LogP contribution < -0.4 is 5.56 Å². The summed E-state index contributed by atoms with van der Waals surface area (Å²) < 4.78 is 3.00. The Labute approximate surface area is 148 Å². The molecule has 0 aromatic carbocycles. The highest BCUT2D eigenvalue weighted by molar-refractivity contribution is 5.85. The number of aromatic nitrogens is 7. The molecule has 126 valence electrons. The molecule has 0 amide bonds. The molecule has 9 heteroatoms. The van der Waals surface area contributed by atoms with Crippen LogP contribution in [-0.2, 0) is 0 Å². The van der Waals surface area contributed by atoms with Crippen molar-refractivity contribution in [1.82, 2.24) is 34.5 Å². The van der Waals surface area contributed by atoms with Gasteiger partial charge in [0.05, 0.1) is 11.8 Å². The van der Waals surface area contributed by atoms with Crippen LogP contribution in [0.3, 0.4) is 0 Å². The van der Waals surface area contributed by atoms with Crippen LogP contribution in [0.4, 0.5) is 0 Å². The lowest BCUT2D eigenvalue weighted by Gasteiger charge is -2.03. The Kier molecular flexibility index (Phi) is 4.44. The minimum absolute atomic E-state index is 0. The number of pyridine rings is 1. The van der Waals surface area contributed by atoms with E-state index in [4.69, 9.17) is 0 Å². The fourth-order valence-electron chi connectivity index (χ4n) is 2.39. The van der Waals surface area contributed by atoms with Gasteiger partial charge in [0.2, 0.25) is 0 Å². The first kappa shape index (κ1) is 16.6. The Hall–Kier alpha value is -3.26. The predicted molar refractivity (Wildman–Crippen MR) is 94.3 cm³/mol. The summed E-state index contributed by atoms with van der Waals surface area (Å²) >= 11 is 0. The zero-order chi connectivity index (χ0) is 16.5. The van der Waals surface area contributed by atoms with E-state index >= 15 is 0 Å². The number of aromatic amines is 1. The summed E-state index contributed by atoms with van der Waals surface area (Å²) in [4.78, 5) is 25.1. The first-order valence-corrected chi connectivity index (χ1v) is 7.27. The van der Waals surface area contributed by atoms with Crippen LogP contribution >= 0.6 is 12.4 Å². The monoisotopic (exact) mass is 355 g/mol. The van der Waals surface area contributed by atoms with Gasteiger partial charge in [-0.25, -0.2) is 19.3 Å². The van der Waals surface area contributed by atoms with Crippen LogP contribution in [0.1, 0.15) is 5.56 Å². The van der Waals surface area contributed by atoms with E-state index in [1.807, 2.05) is 19.2 Å². The molecule has 25 heavy (non-hydrogen) atoms. The van der Waals surface area contributed by atoms with Gasteiger partial charge in [0.25, 0.3) is 5.56 Å². The SMILES string of the molecule is Cc1cnn(-c2cc(-n3[nH]cc(-c4cccnc4)c3=O)ncn2)c1.Cl. The largest absolute Gasteiger partial charge is 0.296 e. The molecular weight excluding hydrogens is 342 g/mol. The number of H-pyrrole nitrogens is 1. The first-order chi connectivity index (χ1) is 11.7. The van der Waals surface area contributed by atoms with E-state index in [-0.39, 0.29) is 18.0 Å². The number of rotatable bonds is 3. The van der Waals surface area contributed by atoms with Crippen molar-refractivity contribution in [3.05, 3.63) is 71.4 Å². The third-order valence-corrected chi connectivity index (χ3v) is 3.56. The summed E-state index contributed by atoms with van der Waals surface area (Å²) in [5.74, 6) is 1.02. The van der Waals surface area contributed by atoms with Gasteiger partial charge in [-0.2, -0.15) is 5.10 Å². The van der Waals surface area contributed by atoms with E-state index < -0.39 is 0 Å². The fraction of sp³-hybridized carbons (Fsp3) is 0.0625. The van der Waals surface area contributed by atoms with E-state index in [1.54, 1.807) is 41.6 Å². The highest BCUT2D eigenvalue weighted by atomic mass is 35.5. The zero-order valence-corrected chi connectivity index (χ0v) is 14.0. The van der Waals surface area contributed by atoms with Crippen LogP contribution in [-0.4, -0.2) is 34.5 Å². The third-order valence-electron chi connectivity index (χ3n) is 3.56. The van der Waals surface area contributed by atoms with Crippen LogP contribution in [0.25, 0.3) is 22.8 Å². The lowest BCUT2D eigenvalue weighted by molar-refractivity contribution is 0.789. The molecule has 4 aromatic rings. The molecule has 0 aliphatic rings. The van der Waals surface area contributed by atoms with Gasteiger partial charge in [0.15, 0.2) is 11.6 Å². The summed E-state index contributed by atoms with van der Waals surface area (Å²) in [6, 6.07) is 5.31. The molecule has 0 radical (unpaired) electrons. The second-order valence-electron chi connectivity index (χ2n) is 5.27. The first-order valence-electron chi connectivity index (χ1n) is 7.27. The van der Waals surface area contributed by atoms with Crippen LogP contribution in [0.15, 0.2) is 60.3 Å². The zero-order valence-electron chi connectivity index (χ0n) is 13.2. The average molecular weight is 356 g/mol. The number of halogens is 1. The molecule has 0 aliphatic carbocycles. The van der Waals surface area contributed by atoms with Gasteiger partial charge in [-0.15, -0.1) is 12.4 Å². The van der Waals surface area contributed by atoms with E-state index in [9.17, 15) is 4.79 Å². The molecule has 4 rings (SSSR count). The summed E-state index contributed by atoms with van der Waals surface area (Å²) in [6.07, 6.45) is 9.94. The van der Waals surface area contributed by atoms with Crippen molar-refractivity contribution >= 4 is 12.4 Å². The Morgan fingerprint density at radius 1 is 1.16 bits per heavy atom. The van der Waals surface area contributed by atoms with Crippen molar-refractivity contribution in [2.45, 2.75) is 6.92 Å². The molecule has 4 heterocycles. The number of nitrogens with one attached hydrogen (secondary N) is 1. The van der Waals surface area contributed by atoms with Crippen molar-refractivity contribution < 1.29 is 0 Å². The topological polar surface area (TPSA) is 94.3 Å². The minimum atomic E-state index is -0.204. The number of nitrogens with zero attached hydrogens (tertiary/aromatic N) is 6. The lowest BCUT2D eigenvalue weighted by atomic mass is 10.2. The highest BCUT2D eigenvalue weighted by Crippen LogP contribution is 2.14. The number of hydrogen-bond acceptors (Lipinski definition) is 5. The van der Waals surface area contributed by atoms with Crippen molar-refractivity contribution in [3.63, 3.8) is 0 Å². The van der Waals surface area contributed by atoms with Crippen molar-refractivity contribution in [2.75, 3.05) is 0 Å². The Bertz CT molecular complexity index is 1050. The quantitative estimate of drug-likeness (QED) is 0.606. The van der Waals surface area contributed by atoms with Gasteiger partial charge in [-0.1, -0.05) is 6.07 Å². The lowest BCUT2D eigenvalue weighted by Crippen LogP contribution is -2.17. The minimum Gasteiger partial charge on any atom is -0.296 e. The average Bonchev–Trinajstić information content (AvgIpc) is 3.22. The van der Waals surface area contributed by atoms with E-state index in [1.165, 1.54) is 11.0 Å². The van der Waals surface area contributed by atoms with Gasteiger partial charge in [-0.3, -0.25) is 14.9 Å². The molecule has 0 bridgehead atoms. The Balaban J connectivity index is 0.00000182. The second-order valence-corrected chi connectivity index (χ2v) is 5.27. The standard InChI is InChI=1S/C16H13N7O.ClH/c1-11-6-20-22(9-11)14-5-15(19-10-18-14)23-16(24)13(8-21-23)12-3-2-4-17-7-12;/h2-10,21H,1H3;1H. The molecule has 0 saturated carbocycles. The molecule has 0 unspecified atom stereocenters. The van der Waals surface area contributed by atoms with E-state index in [2.05, 4.69) is 25.1 Å². The maximum Gasteiger partial charge on any atom is 0.280 e. The van der Waals surface area contributed by atoms with Crippen LogP contribution in [0.2, 0.25) is 0 Å². The molecular formula is C16H14ClN7O. The highest BCUT2D eigenvalue weighted by Gasteiger charge is 2.12. The number of hydrogen-bond donors (Lipinski definition) is 1. The van der Waals surface area contributed by atoms with Crippen molar-refractivity contribution in [3.8, 4) is 22.8 Å². The van der Waals surface area contributed by atoms with Gasteiger partial charge >= 0.3 is 0 Å². The summed E-state index contributed by atoms with van der Waals surface area (Å²) in [5, 5.41) is 7.15. The maximum atomic E-state index is 12.6. The second kappa shape index (κ2) is 6.70. The normalized spacial score (nSPS) is 10.4. The molecule has 0 saturated heterocycles. The molecule has 0 aliphatic heterocycles. The summed E-state index contributed by atoms with van der Waals surface area (Å²) in [6.45, 7) is 1.95. The molecule has 1 N–H and O–H groups in total. The molecule has 0 atom stereocenters. The third kappa shape index (κ3) is 3.07. The van der Waals surface area contributed by atoms with Crippen LogP contribution in [0.5, 0.6) is 0 Å². The molecule has 4 aromatic heterocycles. The Morgan fingerprint density at radius 2 is 2.00 bits per heavy atom. The van der Waals surface area contributed by atoms with Crippen LogP contribution in [0, 0.1) is 6.92 Å². The van der Waals surface area contributed by atoms with Gasteiger partial charge in [-0.05, 0) is 18.6 Å². The fourth-order valence-corrected chi connectivity index (χ4v) is 2.39. The number of aryl methyl sites for hydroxylation is 1. The predicted octanol–water partition coefficient (Wildman–Crippen LogP) is 1.93. The van der Waals surface area contributed by atoms with Crippen molar-refractivity contribution in [1.29, 1.82) is 0 Å². The van der Waals surface area contributed by atoms with Gasteiger partial charge < -0.3 is 0 Å². The van der Waals surface area contributed by atoms with Gasteiger partial charge in [0, 0.05) is 36.4 Å². The van der Waals surface area contributed by atoms with E-state index in [0.29, 0.717) is 17.2 Å².